The first-order valence-corrected chi connectivity index (χ1v) is 17.9. The van der Waals surface area contributed by atoms with Crippen molar-refractivity contribution in [2.45, 2.75) is 131 Å². The highest BCUT2D eigenvalue weighted by Gasteiger charge is 2.36. The Hall–Kier alpha value is -4.16. The largest absolute Gasteiger partial charge is 0.508 e. The second-order valence-corrected chi connectivity index (χ2v) is 15.5. The Balaban J connectivity index is 2.67. The SMILES string of the molecule is CC(C)C[C@@H]1NC(=O)[C@H](C(C)C)NC(=O)[C@@H](Cc2ccc(O)cc2)NC(=O)[C@@H](C(C)C)NC(=O)[C@H](CC(C)C)NC(=O)[C@@H](CC(C)C)NC1=O. The molecule has 13 nitrogen and oxygen atoms in total. The highest BCUT2D eigenvalue weighted by atomic mass is 16.3. The van der Waals surface area contributed by atoms with Crippen molar-refractivity contribution < 1.29 is 33.9 Å². The topological polar surface area (TPSA) is 195 Å². The predicted octanol–water partition coefficient (Wildman–Crippen LogP) is 2.31. The standard InChI is InChI=1S/C37H60N6O7/c1-19(2)15-26-32(45)39-28(17-21(5)6)34(47)42-31(23(9)10)37(50)41-29(18-24-11-13-25(44)14-12-24)35(48)43-30(22(7)8)36(49)40-27(16-20(3)4)33(46)38-26/h11-14,19-23,26-31,44H,15-18H2,1-10H3,(H,38,46)(H,39,45)(H,40,49)(H,41,50)(H,42,47)(H,43,48)/t26-,27+,28+,29-,30+,31-/m1/s1. The minimum absolute atomic E-state index is 0.00324. The monoisotopic (exact) mass is 700 g/mol. The van der Waals surface area contributed by atoms with E-state index >= 15 is 0 Å². The van der Waals surface area contributed by atoms with Crippen molar-refractivity contribution in [2.75, 3.05) is 0 Å². The van der Waals surface area contributed by atoms with Crippen LogP contribution >= 0.6 is 0 Å². The molecule has 6 amide bonds. The van der Waals surface area contributed by atoms with Crippen LogP contribution in [0.25, 0.3) is 0 Å². The second-order valence-electron chi connectivity index (χ2n) is 15.5. The van der Waals surface area contributed by atoms with Crippen molar-refractivity contribution in [3.8, 4) is 5.75 Å². The highest BCUT2D eigenvalue weighted by Crippen LogP contribution is 2.16. The first-order valence-electron chi connectivity index (χ1n) is 17.9. The van der Waals surface area contributed by atoms with Gasteiger partial charge in [-0.1, -0.05) is 81.4 Å². The molecule has 0 radical (unpaired) electrons. The molecule has 1 saturated heterocycles. The molecular weight excluding hydrogens is 640 g/mol. The lowest BCUT2D eigenvalue weighted by Crippen LogP contribution is -2.63. The van der Waals surface area contributed by atoms with Crippen LogP contribution in [0.15, 0.2) is 24.3 Å². The van der Waals surface area contributed by atoms with E-state index < -0.39 is 83.5 Å². The fourth-order valence-electron chi connectivity index (χ4n) is 5.83. The Kier molecular flexibility index (Phi) is 16.2. The maximum atomic E-state index is 13.9. The molecule has 0 aliphatic carbocycles. The Bertz CT molecular complexity index is 1310. The summed E-state index contributed by atoms with van der Waals surface area (Å²) in [5.74, 6) is -4.29. The minimum atomic E-state index is -1.17. The first kappa shape index (κ1) is 42.0. The van der Waals surface area contributed by atoms with Gasteiger partial charge in [-0.05, 0) is 66.5 Å². The summed E-state index contributed by atoms with van der Waals surface area (Å²) in [6.45, 7) is 18.4. The zero-order valence-electron chi connectivity index (χ0n) is 31.4. The molecule has 1 aromatic carbocycles. The number of aromatic hydroxyl groups is 1. The Morgan fingerprint density at radius 3 is 1.10 bits per heavy atom. The fourth-order valence-corrected chi connectivity index (χ4v) is 5.83. The average molecular weight is 701 g/mol. The third-order valence-corrected chi connectivity index (χ3v) is 8.52. The number of rotatable bonds is 10. The summed E-state index contributed by atoms with van der Waals surface area (Å²) in [5.41, 5.74) is 0.630. The number of amides is 6. The van der Waals surface area contributed by atoms with Crippen LogP contribution in [0, 0.1) is 29.6 Å². The lowest BCUT2D eigenvalue weighted by molar-refractivity contribution is -0.137. The molecule has 50 heavy (non-hydrogen) atoms. The maximum absolute atomic E-state index is 13.9. The summed E-state index contributed by atoms with van der Waals surface area (Å²) in [4.78, 5) is 83.0. The van der Waals surface area contributed by atoms with Gasteiger partial charge in [0.15, 0.2) is 0 Å². The van der Waals surface area contributed by atoms with Crippen molar-refractivity contribution in [2.24, 2.45) is 29.6 Å². The number of carbonyl (C=O) groups excluding carboxylic acids is 6. The van der Waals surface area contributed by atoms with Gasteiger partial charge in [0, 0.05) is 6.42 Å². The smallest absolute Gasteiger partial charge is 0.243 e. The molecule has 13 heteroatoms. The molecule has 280 valence electrons. The van der Waals surface area contributed by atoms with Crippen LogP contribution in [0.2, 0.25) is 0 Å². The predicted molar refractivity (Wildman–Crippen MR) is 191 cm³/mol. The number of carbonyl (C=O) groups is 6. The maximum Gasteiger partial charge on any atom is 0.243 e. The van der Waals surface area contributed by atoms with E-state index in [0.29, 0.717) is 5.56 Å². The summed E-state index contributed by atoms with van der Waals surface area (Å²) >= 11 is 0. The third kappa shape index (κ3) is 13.3. The van der Waals surface area contributed by atoms with Gasteiger partial charge in [0.2, 0.25) is 35.4 Å². The van der Waals surface area contributed by atoms with E-state index in [9.17, 15) is 33.9 Å². The summed E-state index contributed by atoms with van der Waals surface area (Å²) in [6, 6.07) is -0.182. The number of phenols is 1. The Labute approximate surface area is 297 Å². The number of phenolic OH excluding ortho intramolecular Hbond substituents is 1. The molecule has 2 rings (SSSR count). The molecule has 1 fully saturated rings. The van der Waals surface area contributed by atoms with Crippen LogP contribution < -0.4 is 31.9 Å². The van der Waals surface area contributed by atoms with E-state index in [4.69, 9.17) is 0 Å². The van der Waals surface area contributed by atoms with Crippen LogP contribution in [0.1, 0.15) is 94.1 Å². The normalized spacial score (nSPS) is 25.1. The van der Waals surface area contributed by atoms with Gasteiger partial charge in [0.05, 0.1) is 0 Å². The average Bonchev–Trinajstić information content (AvgIpc) is 3.00. The number of hydrogen-bond donors (Lipinski definition) is 7. The van der Waals surface area contributed by atoms with Crippen LogP contribution in [0.5, 0.6) is 5.75 Å². The van der Waals surface area contributed by atoms with Crippen molar-refractivity contribution in [1.29, 1.82) is 0 Å². The van der Waals surface area contributed by atoms with Gasteiger partial charge < -0.3 is 37.0 Å². The lowest BCUT2D eigenvalue weighted by Gasteiger charge is -2.31. The number of nitrogens with one attached hydrogen (secondary N) is 6. The minimum Gasteiger partial charge on any atom is -0.508 e. The number of benzene rings is 1. The molecule has 0 spiro atoms. The van der Waals surface area contributed by atoms with Gasteiger partial charge in [-0.3, -0.25) is 28.8 Å². The fraction of sp³-hybridized carbons (Fsp3) is 0.676. The van der Waals surface area contributed by atoms with E-state index in [0.717, 1.165) is 0 Å². The summed E-state index contributed by atoms with van der Waals surface area (Å²) in [6.07, 6.45) is 0.826. The van der Waals surface area contributed by atoms with Gasteiger partial charge in [-0.25, -0.2) is 0 Å². The molecule has 7 N–H and O–H groups in total. The van der Waals surface area contributed by atoms with Crippen molar-refractivity contribution in [3.05, 3.63) is 29.8 Å². The van der Waals surface area contributed by atoms with Crippen molar-refractivity contribution >= 4 is 35.4 Å². The molecule has 1 heterocycles. The molecule has 0 saturated carbocycles. The third-order valence-electron chi connectivity index (χ3n) is 8.52. The number of hydrogen-bond acceptors (Lipinski definition) is 7. The quantitative estimate of drug-likeness (QED) is 0.195. The summed E-state index contributed by atoms with van der Waals surface area (Å²) < 4.78 is 0. The van der Waals surface area contributed by atoms with Gasteiger partial charge in [0.25, 0.3) is 0 Å². The van der Waals surface area contributed by atoms with Crippen LogP contribution in [0.3, 0.4) is 0 Å². The van der Waals surface area contributed by atoms with E-state index in [1.54, 1.807) is 39.8 Å². The van der Waals surface area contributed by atoms with Crippen LogP contribution in [0.4, 0.5) is 0 Å². The molecule has 0 unspecified atom stereocenters. The lowest BCUT2D eigenvalue weighted by atomic mass is 9.96. The van der Waals surface area contributed by atoms with Gasteiger partial charge >= 0.3 is 0 Å². The van der Waals surface area contributed by atoms with E-state index in [1.165, 1.54) is 12.1 Å². The van der Waals surface area contributed by atoms with E-state index in [2.05, 4.69) is 31.9 Å². The molecular formula is C37H60N6O7. The zero-order valence-corrected chi connectivity index (χ0v) is 31.4. The molecule has 6 atom stereocenters. The highest BCUT2D eigenvalue weighted by molar-refractivity contribution is 5.98. The molecule has 1 aliphatic heterocycles. The van der Waals surface area contributed by atoms with Crippen LogP contribution in [-0.2, 0) is 35.2 Å². The molecule has 0 aromatic heterocycles. The van der Waals surface area contributed by atoms with E-state index in [1.807, 2.05) is 41.5 Å². The Morgan fingerprint density at radius 1 is 0.460 bits per heavy atom. The van der Waals surface area contributed by atoms with Crippen molar-refractivity contribution in [3.63, 3.8) is 0 Å². The van der Waals surface area contributed by atoms with Gasteiger partial charge in [-0.2, -0.15) is 0 Å². The summed E-state index contributed by atoms with van der Waals surface area (Å²) in [7, 11) is 0. The summed E-state index contributed by atoms with van der Waals surface area (Å²) in [5, 5.41) is 26.6. The second kappa shape index (κ2) is 19.3. The van der Waals surface area contributed by atoms with Gasteiger partial charge in [0.1, 0.15) is 42.0 Å². The molecule has 1 aliphatic rings. The van der Waals surface area contributed by atoms with Gasteiger partial charge in [-0.15, -0.1) is 0 Å². The Morgan fingerprint density at radius 2 is 0.760 bits per heavy atom. The van der Waals surface area contributed by atoms with E-state index in [-0.39, 0.29) is 49.2 Å². The molecule has 1 aromatic rings. The van der Waals surface area contributed by atoms with Crippen molar-refractivity contribution in [1.82, 2.24) is 31.9 Å². The zero-order chi connectivity index (χ0) is 37.9. The van der Waals surface area contributed by atoms with Crippen LogP contribution in [-0.4, -0.2) is 76.8 Å². The molecule has 0 bridgehead atoms. The first-order chi connectivity index (χ1) is 23.3.